The van der Waals surface area contributed by atoms with Crippen molar-refractivity contribution in [1.82, 2.24) is 4.98 Å². The van der Waals surface area contributed by atoms with Crippen LogP contribution in [0.4, 0.5) is 0 Å². The normalized spacial score (nSPS) is 20.3. The van der Waals surface area contributed by atoms with E-state index < -0.39 is 0 Å². The van der Waals surface area contributed by atoms with E-state index in [9.17, 15) is 0 Å². The zero-order chi connectivity index (χ0) is 10.8. The summed E-state index contributed by atoms with van der Waals surface area (Å²) in [5.41, 5.74) is 0.799. The number of aromatic nitrogens is 1. The first-order chi connectivity index (χ1) is 7.16. The van der Waals surface area contributed by atoms with E-state index in [1.165, 1.54) is 0 Å². The lowest BCUT2D eigenvalue weighted by molar-refractivity contribution is 0.291. The second-order valence-corrected chi connectivity index (χ2v) is 4.71. The fourth-order valence-corrected chi connectivity index (χ4v) is 1.74. The number of nitrogens with zero attached hydrogens (tertiary/aromatic N) is 2. The number of hydrogen-bond acceptors (Lipinski definition) is 3. The molecule has 0 saturated carbocycles. The van der Waals surface area contributed by atoms with Crippen molar-refractivity contribution in [2.45, 2.75) is 19.9 Å². The Kier molecular flexibility index (Phi) is 3.05. The molecular formula is C11H13BrN2O. The van der Waals surface area contributed by atoms with Gasteiger partial charge in [0.1, 0.15) is 16.9 Å². The van der Waals surface area contributed by atoms with E-state index in [0.717, 1.165) is 10.3 Å². The molecule has 0 spiro atoms. The van der Waals surface area contributed by atoms with Crippen LogP contribution in [0.25, 0.3) is 0 Å². The minimum Gasteiger partial charge on any atom is -0.474 e. The number of ether oxygens (including phenoxy) is 1. The Balaban J connectivity index is 2.22. The number of pyridine rings is 1. The van der Waals surface area contributed by atoms with E-state index >= 15 is 0 Å². The van der Waals surface area contributed by atoms with Crippen LogP contribution < -0.4 is 0 Å². The predicted molar refractivity (Wildman–Crippen MR) is 63.1 cm³/mol. The molecule has 0 unspecified atom stereocenters. The van der Waals surface area contributed by atoms with E-state index in [-0.39, 0.29) is 6.04 Å². The van der Waals surface area contributed by atoms with Gasteiger partial charge in [-0.25, -0.2) is 9.98 Å². The monoisotopic (exact) mass is 268 g/mol. The minimum absolute atomic E-state index is 0.265. The highest BCUT2D eigenvalue weighted by Gasteiger charge is 2.23. The number of halogens is 1. The Morgan fingerprint density at radius 2 is 2.27 bits per heavy atom. The summed E-state index contributed by atoms with van der Waals surface area (Å²) in [7, 11) is 0. The van der Waals surface area contributed by atoms with Crippen LogP contribution in [-0.2, 0) is 4.74 Å². The fraction of sp³-hybridized carbons (Fsp3) is 0.455. The van der Waals surface area contributed by atoms with E-state index in [2.05, 4.69) is 39.8 Å². The molecule has 1 aliphatic heterocycles. The van der Waals surface area contributed by atoms with Crippen molar-refractivity contribution in [3.05, 3.63) is 28.5 Å². The third-order valence-corrected chi connectivity index (χ3v) is 2.82. The molecule has 0 saturated heterocycles. The molecule has 1 aliphatic rings. The third-order valence-electron chi connectivity index (χ3n) is 2.38. The molecule has 1 atom stereocenters. The summed E-state index contributed by atoms with van der Waals surface area (Å²) in [6, 6.07) is 5.99. The molecule has 80 valence electrons. The Hall–Kier alpha value is -0.900. The van der Waals surface area contributed by atoms with Crippen molar-refractivity contribution in [3.8, 4) is 0 Å². The lowest BCUT2D eigenvalue weighted by Crippen LogP contribution is -2.13. The Morgan fingerprint density at radius 3 is 2.87 bits per heavy atom. The van der Waals surface area contributed by atoms with Crippen molar-refractivity contribution in [3.63, 3.8) is 0 Å². The zero-order valence-electron chi connectivity index (χ0n) is 8.77. The predicted octanol–water partition coefficient (Wildman–Crippen LogP) is 2.65. The standard InChI is InChI=1S/C11H13BrN2O/c1-7(2)9-6-15-11(14-9)8-4-3-5-10(12)13-8/h3-5,7,9H,6H2,1-2H3/t9-/m1/s1. The van der Waals surface area contributed by atoms with Gasteiger partial charge in [-0.1, -0.05) is 19.9 Å². The smallest absolute Gasteiger partial charge is 0.235 e. The third kappa shape index (κ3) is 2.37. The van der Waals surface area contributed by atoms with Gasteiger partial charge in [0.25, 0.3) is 0 Å². The molecule has 0 aliphatic carbocycles. The van der Waals surface area contributed by atoms with E-state index in [0.29, 0.717) is 18.4 Å². The number of aliphatic imine (C=N–C) groups is 1. The average Bonchev–Trinajstić information content (AvgIpc) is 2.66. The SMILES string of the molecule is CC(C)[C@H]1COC(c2cccc(Br)n2)=N1. The largest absolute Gasteiger partial charge is 0.474 e. The molecule has 1 aromatic rings. The van der Waals surface area contributed by atoms with Gasteiger partial charge in [-0.2, -0.15) is 0 Å². The van der Waals surface area contributed by atoms with Crippen LogP contribution in [0.1, 0.15) is 19.5 Å². The molecule has 4 heteroatoms. The Bertz CT molecular complexity index is 390. The average molecular weight is 269 g/mol. The first-order valence-corrected chi connectivity index (χ1v) is 5.79. The summed E-state index contributed by atoms with van der Waals surface area (Å²) in [6.45, 7) is 4.96. The van der Waals surface area contributed by atoms with Crippen LogP contribution in [0, 0.1) is 5.92 Å². The zero-order valence-corrected chi connectivity index (χ0v) is 10.4. The number of hydrogen-bond donors (Lipinski definition) is 0. The highest BCUT2D eigenvalue weighted by atomic mass is 79.9. The molecule has 0 amide bonds. The maximum Gasteiger partial charge on any atom is 0.235 e. The summed E-state index contributed by atoms with van der Waals surface area (Å²) in [5.74, 6) is 1.17. The summed E-state index contributed by atoms with van der Waals surface area (Å²) in [5, 5.41) is 0. The second kappa shape index (κ2) is 4.31. The molecule has 0 radical (unpaired) electrons. The molecule has 0 fully saturated rings. The topological polar surface area (TPSA) is 34.5 Å². The molecule has 0 bridgehead atoms. The highest BCUT2D eigenvalue weighted by molar-refractivity contribution is 9.10. The molecule has 1 aromatic heterocycles. The molecule has 2 rings (SSSR count). The summed E-state index contributed by atoms with van der Waals surface area (Å²) in [6.07, 6.45) is 0. The van der Waals surface area contributed by atoms with Gasteiger partial charge in [0.05, 0.1) is 6.04 Å². The Labute approximate surface area is 97.7 Å². The second-order valence-electron chi connectivity index (χ2n) is 3.90. The van der Waals surface area contributed by atoms with Gasteiger partial charge in [0.15, 0.2) is 0 Å². The van der Waals surface area contributed by atoms with Gasteiger partial charge in [0.2, 0.25) is 5.90 Å². The molecule has 2 heterocycles. The molecule has 15 heavy (non-hydrogen) atoms. The number of rotatable bonds is 2. The molecule has 3 nitrogen and oxygen atoms in total. The van der Waals surface area contributed by atoms with Gasteiger partial charge in [-0.3, -0.25) is 0 Å². The van der Waals surface area contributed by atoms with E-state index in [1.807, 2.05) is 18.2 Å². The Morgan fingerprint density at radius 1 is 1.47 bits per heavy atom. The van der Waals surface area contributed by atoms with Gasteiger partial charge in [-0.15, -0.1) is 0 Å². The highest BCUT2D eigenvalue weighted by Crippen LogP contribution is 2.17. The van der Waals surface area contributed by atoms with Crippen molar-refractivity contribution in [2.24, 2.45) is 10.9 Å². The van der Waals surface area contributed by atoms with Crippen LogP contribution in [0.15, 0.2) is 27.8 Å². The van der Waals surface area contributed by atoms with Crippen LogP contribution in [0.3, 0.4) is 0 Å². The molecular weight excluding hydrogens is 256 g/mol. The summed E-state index contributed by atoms with van der Waals surface area (Å²) < 4.78 is 6.34. The maximum absolute atomic E-state index is 5.53. The molecule has 0 N–H and O–H groups in total. The van der Waals surface area contributed by atoms with Crippen LogP contribution in [0.2, 0.25) is 0 Å². The van der Waals surface area contributed by atoms with E-state index in [4.69, 9.17) is 4.74 Å². The summed E-state index contributed by atoms with van der Waals surface area (Å²) >= 11 is 3.33. The summed E-state index contributed by atoms with van der Waals surface area (Å²) in [4.78, 5) is 8.82. The van der Waals surface area contributed by atoms with Gasteiger partial charge >= 0.3 is 0 Å². The van der Waals surface area contributed by atoms with Gasteiger partial charge in [-0.05, 0) is 34.0 Å². The van der Waals surface area contributed by atoms with Gasteiger partial charge < -0.3 is 4.74 Å². The van der Waals surface area contributed by atoms with Crippen molar-refractivity contribution < 1.29 is 4.74 Å². The first-order valence-electron chi connectivity index (χ1n) is 5.00. The maximum atomic E-state index is 5.53. The molecule has 0 aromatic carbocycles. The van der Waals surface area contributed by atoms with Crippen molar-refractivity contribution >= 4 is 21.8 Å². The first kappa shape index (κ1) is 10.6. The van der Waals surface area contributed by atoms with Crippen LogP contribution >= 0.6 is 15.9 Å². The fourth-order valence-electron chi connectivity index (χ4n) is 1.40. The van der Waals surface area contributed by atoms with Crippen molar-refractivity contribution in [2.75, 3.05) is 6.61 Å². The van der Waals surface area contributed by atoms with Gasteiger partial charge in [0, 0.05) is 0 Å². The van der Waals surface area contributed by atoms with Crippen LogP contribution in [-0.4, -0.2) is 23.5 Å². The minimum atomic E-state index is 0.265. The van der Waals surface area contributed by atoms with Crippen LogP contribution in [0.5, 0.6) is 0 Å². The lowest BCUT2D eigenvalue weighted by atomic mass is 10.1. The van der Waals surface area contributed by atoms with E-state index in [1.54, 1.807) is 0 Å². The van der Waals surface area contributed by atoms with Crippen molar-refractivity contribution in [1.29, 1.82) is 0 Å². The quantitative estimate of drug-likeness (QED) is 0.773. The lowest BCUT2D eigenvalue weighted by Gasteiger charge is -2.06.